The van der Waals surface area contributed by atoms with Gasteiger partial charge in [-0.15, -0.1) is 0 Å². The second-order valence-corrected chi connectivity index (χ2v) is 4.91. The van der Waals surface area contributed by atoms with Crippen LogP contribution in [0.1, 0.15) is 19.4 Å². The first kappa shape index (κ1) is 15.0. The summed E-state index contributed by atoms with van der Waals surface area (Å²) in [6.07, 6.45) is 0. The van der Waals surface area contributed by atoms with E-state index in [0.717, 1.165) is 4.90 Å². The first-order valence-corrected chi connectivity index (χ1v) is 6.55. The van der Waals surface area contributed by atoms with Crippen LogP contribution in [0.4, 0.5) is 9.18 Å². The Morgan fingerprint density at radius 1 is 1.33 bits per heavy atom. The topological polar surface area (TPSA) is 78.5 Å². The zero-order valence-corrected chi connectivity index (χ0v) is 11.8. The molecule has 1 aromatic carbocycles. The maximum absolute atomic E-state index is 13.0. The summed E-state index contributed by atoms with van der Waals surface area (Å²) < 4.78 is 13.0. The monoisotopic (exact) mass is 293 g/mol. The van der Waals surface area contributed by atoms with Crippen LogP contribution in [0.15, 0.2) is 24.3 Å². The van der Waals surface area contributed by atoms with Crippen LogP contribution in [0.2, 0.25) is 0 Å². The molecule has 1 heterocycles. The van der Waals surface area contributed by atoms with E-state index < -0.39 is 29.2 Å². The third-order valence-electron chi connectivity index (χ3n) is 3.37. The van der Waals surface area contributed by atoms with Crippen LogP contribution >= 0.6 is 0 Å². The maximum Gasteiger partial charge on any atom is 0.325 e. The van der Waals surface area contributed by atoms with E-state index in [1.165, 1.54) is 31.2 Å². The minimum atomic E-state index is -1.29. The molecule has 1 aliphatic rings. The lowest BCUT2D eigenvalue weighted by Gasteiger charge is -2.22. The van der Waals surface area contributed by atoms with Gasteiger partial charge in [0.2, 0.25) is 5.91 Å². The van der Waals surface area contributed by atoms with Crippen molar-refractivity contribution in [2.24, 2.45) is 0 Å². The fraction of sp³-hybridized carbons (Fsp3) is 0.357. The molecule has 1 aromatic rings. The Balaban J connectivity index is 2.24. The molecule has 6 nitrogen and oxygen atoms in total. The molecule has 7 heteroatoms. The van der Waals surface area contributed by atoms with Gasteiger partial charge in [0.15, 0.2) is 0 Å². The first-order valence-electron chi connectivity index (χ1n) is 6.55. The van der Waals surface area contributed by atoms with E-state index in [1.54, 1.807) is 6.92 Å². The quantitative estimate of drug-likeness (QED) is 0.803. The van der Waals surface area contributed by atoms with Gasteiger partial charge in [-0.3, -0.25) is 14.5 Å². The van der Waals surface area contributed by atoms with Crippen LogP contribution in [0, 0.1) is 5.82 Å². The van der Waals surface area contributed by atoms with Crippen LogP contribution in [0.3, 0.4) is 0 Å². The molecule has 0 bridgehead atoms. The molecule has 0 saturated carbocycles. The van der Waals surface area contributed by atoms with E-state index in [-0.39, 0.29) is 6.54 Å². The van der Waals surface area contributed by atoms with Gasteiger partial charge >= 0.3 is 6.03 Å². The third-order valence-corrected chi connectivity index (χ3v) is 3.37. The second kappa shape index (κ2) is 5.51. The number of likely N-dealkylation sites (N-methyl/N-ethyl adjacent to an activating group) is 1. The van der Waals surface area contributed by atoms with Crippen molar-refractivity contribution < 1.29 is 18.8 Å². The lowest BCUT2D eigenvalue weighted by atomic mass is 9.92. The molecular weight excluding hydrogens is 277 g/mol. The summed E-state index contributed by atoms with van der Waals surface area (Å²) in [6.45, 7) is 3.34. The summed E-state index contributed by atoms with van der Waals surface area (Å²) >= 11 is 0. The maximum atomic E-state index is 13.0. The average molecular weight is 293 g/mol. The van der Waals surface area contributed by atoms with E-state index in [2.05, 4.69) is 10.6 Å². The van der Waals surface area contributed by atoms with Crippen molar-refractivity contribution >= 4 is 17.8 Å². The summed E-state index contributed by atoms with van der Waals surface area (Å²) in [5.41, 5.74) is -0.835. The van der Waals surface area contributed by atoms with Gasteiger partial charge in [-0.1, -0.05) is 12.1 Å². The third kappa shape index (κ3) is 2.72. The number of hydrogen-bond acceptors (Lipinski definition) is 3. The Morgan fingerprint density at radius 2 is 1.95 bits per heavy atom. The Bertz CT molecular complexity index is 588. The van der Waals surface area contributed by atoms with Crippen LogP contribution in [0.5, 0.6) is 0 Å². The molecule has 1 unspecified atom stereocenters. The fourth-order valence-corrected chi connectivity index (χ4v) is 2.22. The van der Waals surface area contributed by atoms with Gasteiger partial charge in [-0.25, -0.2) is 9.18 Å². The number of nitrogens with one attached hydrogen (secondary N) is 2. The first-order chi connectivity index (χ1) is 9.88. The zero-order valence-electron chi connectivity index (χ0n) is 11.8. The largest absolute Gasteiger partial charge is 0.355 e. The molecule has 4 amide bonds. The number of halogens is 1. The molecule has 0 aliphatic carbocycles. The lowest BCUT2D eigenvalue weighted by Crippen LogP contribution is -2.43. The van der Waals surface area contributed by atoms with Crippen LogP contribution < -0.4 is 10.6 Å². The smallest absolute Gasteiger partial charge is 0.325 e. The highest BCUT2D eigenvalue weighted by Crippen LogP contribution is 2.28. The predicted octanol–water partition coefficient (Wildman–Crippen LogP) is 0.729. The van der Waals surface area contributed by atoms with Crippen molar-refractivity contribution in [2.45, 2.75) is 19.4 Å². The second-order valence-electron chi connectivity index (χ2n) is 4.91. The molecule has 0 spiro atoms. The predicted molar refractivity (Wildman–Crippen MR) is 72.7 cm³/mol. The number of carbonyl (C=O) groups excluding carboxylic acids is 3. The molecule has 1 atom stereocenters. The van der Waals surface area contributed by atoms with Crippen molar-refractivity contribution in [3.63, 3.8) is 0 Å². The SMILES string of the molecule is CCNC(=O)CN1C(=O)NC(C)(c2ccc(F)cc2)C1=O. The van der Waals surface area contributed by atoms with Crippen molar-refractivity contribution in [1.82, 2.24) is 15.5 Å². The van der Waals surface area contributed by atoms with Crippen molar-refractivity contribution in [3.05, 3.63) is 35.6 Å². The summed E-state index contributed by atoms with van der Waals surface area (Å²) in [6, 6.07) is 4.66. The van der Waals surface area contributed by atoms with Gasteiger partial charge in [0, 0.05) is 6.54 Å². The van der Waals surface area contributed by atoms with E-state index in [4.69, 9.17) is 0 Å². The molecule has 1 saturated heterocycles. The Kier molecular flexibility index (Phi) is 3.93. The van der Waals surface area contributed by atoms with Gasteiger partial charge in [0.1, 0.15) is 17.9 Å². The highest BCUT2D eigenvalue weighted by atomic mass is 19.1. The number of hydrogen-bond donors (Lipinski definition) is 2. The number of carbonyl (C=O) groups is 3. The van der Waals surface area contributed by atoms with Crippen LogP contribution in [0.25, 0.3) is 0 Å². The van der Waals surface area contributed by atoms with E-state index >= 15 is 0 Å². The zero-order chi connectivity index (χ0) is 15.6. The molecule has 1 aliphatic heterocycles. The van der Waals surface area contributed by atoms with Crippen molar-refractivity contribution in [2.75, 3.05) is 13.1 Å². The number of nitrogens with zero attached hydrogens (tertiary/aromatic N) is 1. The average Bonchev–Trinajstić information content (AvgIpc) is 2.64. The Hall–Kier alpha value is -2.44. The highest BCUT2D eigenvalue weighted by Gasteiger charge is 2.49. The molecule has 112 valence electrons. The molecule has 21 heavy (non-hydrogen) atoms. The standard InChI is InChI=1S/C14H16FN3O3/c1-3-16-11(19)8-18-12(20)14(2,17-13(18)21)9-4-6-10(15)7-5-9/h4-7H,3,8H2,1-2H3,(H,16,19)(H,17,21). The summed E-state index contributed by atoms with van der Waals surface area (Å²) in [5, 5.41) is 5.07. The van der Waals surface area contributed by atoms with E-state index in [0.29, 0.717) is 12.1 Å². The highest BCUT2D eigenvalue weighted by molar-refractivity contribution is 6.09. The van der Waals surface area contributed by atoms with Crippen molar-refractivity contribution in [1.29, 1.82) is 0 Å². The van der Waals surface area contributed by atoms with Crippen LogP contribution in [-0.2, 0) is 15.1 Å². The summed E-state index contributed by atoms with van der Waals surface area (Å²) in [4.78, 5) is 36.8. The Labute approximate surface area is 121 Å². The minimum Gasteiger partial charge on any atom is -0.355 e. The van der Waals surface area contributed by atoms with Gasteiger partial charge in [-0.05, 0) is 31.5 Å². The molecule has 1 fully saturated rings. The molecule has 0 radical (unpaired) electrons. The normalized spacial score (nSPS) is 21.4. The fourth-order valence-electron chi connectivity index (χ4n) is 2.22. The van der Waals surface area contributed by atoms with Gasteiger partial charge in [0.25, 0.3) is 5.91 Å². The van der Waals surface area contributed by atoms with Gasteiger partial charge in [-0.2, -0.15) is 0 Å². The van der Waals surface area contributed by atoms with Gasteiger partial charge in [0.05, 0.1) is 0 Å². The van der Waals surface area contributed by atoms with E-state index in [9.17, 15) is 18.8 Å². The van der Waals surface area contributed by atoms with Gasteiger partial charge < -0.3 is 10.6 Å². The van der Waals surface area contributed by atoms with Crippen LogP contribution in [-0.4, -0.2) is 35.8 Å². The van der Waals surface area contributed by atoms with Crippen molar-refractivity contribution in [3.8, 4) is 0 Å². The molecule has 2 rings (SSSR count). The summed E-state index contributed by atoms with van der Waals surface area (Å²) in [5.74, 6) is -1.38. The van der Waals surface area contributed by atoms with E-state index in [1.807, 2.05) is 0 Å². The molecule has 0 aromatic heterocycles. The molecule has 2 N–H and O–H groups in total. The number of imide groups is 1. The number of amides is 4. The minimum absolute atomic E-state index is 0.338. The lowest BCUT2D eigenvalue weighted by molar-refractivity contribution is -0.134. The Morgan fingerprint density at radius 3 is 2.52 bits per heavy atom. The summed E-state index contributed by atoms with van der Waals surface area (Å²) in [7, 11) is 0. The molecular formula is C14H16FN3O3. The number of rotatable bonds is 4. The number of urea groups is 1. The number of benzene rings is 1.